The van der Waals surface area contributed by atoms with Crippen molar-refractivity contribution in [3.63, 3.8) is 0 Å². The summed E-state index contributed by atoms with van der Waals surface area (Å²) in [4.78, 5) is 23.7. The van der Waals surface area contributed by atoms with Crippen molar-refractivity contribution in [2.75, 3.05) is 5.32 Å². The zero-order chi connectivity index (χ0) is 15.0. The molecule has 5 nitrogen and oxygen atoms in total. The summed E-state index contributed by atoms with van der Waals surface area (Å²) in [5, 5.41) is 2.86. The number of amides is 1. The second-order valence-corrected chi connectivity index (χ2v) is 4.88. The zero-order valence-electron chi connectivity index (χ0n) is 11.7. The second kappa shape index (κ2) is 4.94. The van der Waals surface area contributed by atoms with E-state index in [0.29, 0.717) is 16.7 Å². The fraction of sp³-hybridized carbons (Fsp3) is 0.125. The molecule has 21 heavy (non-hydrogen) atoms. The van der Waals surface area contributed by atoms with Crippen molar-refractivity contribution in [1.29, 1.82) is 0 Å². The lowest BCUT2D eigenvalue weighted by molar-refractivity contribution is 0.102. The Labute approximate surface area is 120 Å². The number of aromatic nitrogens is 1. The van der Waals surface area contributed by atoms with Crippen molar-refractivity contribution in [3.8, 4) is 0 Å². The van der Waals surface area contributed by atoms with E-state index in [-0.39, 0.29) is 5.91 Å². The number of rotatable bonds is 2. The first-order chi connectivity index (χ1) is 10.1. The molecular formula is C16H14N2O3. The van der Waals surface area contributed by atoms with Crippen LogP contribution in [-0.2, 0) is 7.05 Å². The quantitative estimate of drug-likeness (QED) is 0.786. The summed E-state index contributed by atoms with van der Waals surface area (Å²) in [6.07, 6.45) is 0. The van der Waals surface area contributed by atoms with E-state index in [1.54, 1.807) is 25.2 Å². The van der Waals surface area contributed by atoms with Crippen molar-refractivity contribution in [2.24, 2.45) is 7.05 Å². The maximum Gasteiger partial charge on any atom is 0.419 e. The van der Waals surface area contributed by atoms with Gasteiger partial charge in [0.05, 0.1) is 5.52 Å². The lowest BCUT2D eigenvalue weighted by Crippen LogP contribution is -2.13. The molecule has 0 saturated heterocycles. The summed E-state index contributed by atoms with van der Waals surface area (Å²) in [6.45, 7) is 1.93. The fourth-order valence-corrected chi connectivity index (χ4v) is 2.18. The molecule has 0 spiro atoms. The first-order valence-electron chi connectivity index (χ1n) is 6.53. The first-order valence-corrected chi connectivity index (χ1v) is 6.53. The number of aryl methyl sites for hydroxylation is 2. The lowest BCUT2D eigenvalue weighted by atomic mass is 10.1. The number of carbonyl (C=O) groups is 1. The predicted molar refractivity (Wildman–Crippen MR) is 80.6 cm³/mol. The van der Waals surface area contributed by atoms with Crippen LogP contribution in [0.4, 0.5) is 5.69 Å². The summed E-state index contributed by atoms with van der Waals surface area (Å²) in [5.41, 5.74) is 3.29. The smallest absolute Gasteiger partial charge is 0.408 e. The summed E-state index contributed by atoms with van der Waals surface area (Å²) >= 11 is 0. The van der Waals surface area contributed by atoms with E-state index >= 15 is 0 Å². The second-order valence-electron chi connectivity index (χ2n) is 4.88. The van der Waals surface area contributed by atoms with E-state index in [9.17, 15) is 9.59 Å². The number of anilines is 1. The van der Waals surface area contributed by atoms with Crippen LogP contribution >= 0.6 is 0 Å². The standard InChI is InChI=1S/C16H14N2O3/c1-10-5-3-4-6-12(10)17-15(19)11-7-8-14-13(9-11)18(2)16(20)21-14/h3-9H,1-2H3,(H,17,19). The molecule has 0 aliphatic heterocycles. The highest BCUT2D eigenvalue weighted by Gasteiger charge is 2.11. The molecule has 2 aromatic carbocycles. The Hall–Kier alpha value is -2.82. The Balaban J connectivity index is 1.97. The third-order valence-electron chi connectivity index (χ3n) is 3.45. The minimum Gasteiger partial charge on any atom is -0.408 e. The highest BCUT2D eigenvalue weighted by Crippen LogP contribution is 2.17. The number of nitrogens with zero attached hydrogens (tertiary/aromatic N) is 1. The molecule has 5 heteroatoms. The molecule has 1 amide bonds. The number of para-hydroxylation sites is 1. The number of fused-ring (bicyclic) bond motifs is 1. The Morgan fingerprint density at radius 2 is 1.95 bits per heavy atom. The topological polar surface area (TPSA) is 64.2 Å². The number of oxazole rings is 1. The Morgan fingerprint density at radius 3 is 2.71 bits per heavy atom. The molecule has 3 rings (SSSR count). The van der Waals surface area contributed by atoms with Gasteiger partial charge in [0.2, 0.25) is 0 Å². The van der Waals surface area contributed by atoms with Gasteiger partial charge in [0, 0.05) is 18.3 Å². The van der Waals surface area contributed by atoms with E-state index in [1.165, 1.54) is 4.57 Å². The van der Waals surface area contributed by atoms with E-state index in [0.717, 1.165) is 11.3 Å². The molecule has 1 N–H and O–H groups in total. The predicted octanol–water partition coefficient (Wildman–Crippen LogP) is 2.69. The molecule has 0 saturated carbocycles. The lowest BCUT2D eigenvalue weighted by Gasteiger charge is -2.08. The SMILES string of the molecule is Cc1ccccc1NC(=O)c1ccc2oc(=O)n(C)c2c1. The van der Waals surface area contributed by atoms with Crippen LogP contribution in [0.25, 0.3) is 11.1 Å². The average Bonchev–Trinajstić information content (AvgIpc) is 2.76. The zero-order valence-corrected chi connectivity index (χ0v) is 11.7. The molecule has 0 bridgehead atoms. The Bertz CT molecular complexity index is 890. The average molecular weight is 282 g/mol. The summed E-state index contributed by atoms with van der Waals surface area (Å²) in [6, 6.07) is 12.5. The minimum atomic E-state index is -0.443. The van der Waals surface area contributed by atoms with Crippen LogP contribution in [0.15, 0.2) is 51.7 Å². The highest BCUT2D eigenvalue weighted by atomic mass is 16.4. The van der Waals surface area contributed by atoms with Gasteiger partial charge in [0.15, 0.2) is 5.58 Å². The maximum atomic E-state index is 12.3. The molecule has 106 valence electrons. The molecule has 3 aromatic rings. The molecule has 1 aromatic heterocycles. The van der Waals surface area contributed by atoms with Gasteiger partial charge >= 0.3 is 5.76 Å². The van der Waals surface area contributed by atoms with E-state index in [1.807, 2.05) is 31.2 Å². The molecule has 0 aliphatic rings. The first kappa shape index (κ1) is 13.2. The Kier molecular flexibility index (Phi) is 3.10. The van der Waals surface area contributed by atoms with Gasteiger partial charge in [0.25, 0.3) is 5.91 Å². The Morgan fingerprint density at radius 1 is 1.19 bits per heavy atom. The van der Waals surface area contributed by atoms with Crippen molar-refractivity contribution in [2.45, 2.75) is 6.92 Å². The molecule has 0 unspecified atom stereocenters. The van der Waals surface area contributed by atoms with Crippen LogP contribution in [0.3, 0.4) is 0 Å². The van der Waals surface area contributed by atoms with Crippen molar-refractivity contribution in [1.82, 2.24) is 4.57 Å². The molecule has 1 heterocycles. The molecule has 0 aliphatic carbocycles. The number of carbonyl (C=O) groups excluding carboxylic acids is 1. The van der Waals surface area contributed by atoms with Gasteiger partial charge in [-0.3, -0.25) is 9.36 Å². The van der Waals surface area contributed by atoms with Gasteiger partial charge in [-0.25, -0.2) is 4.79 Å². The number of hydrogen-bond donors (Lipinski definition) is 1. The van der Waals surface area contributed by atoms with Gasteiger partial charge in [-0.1, -0.05) is 18.2 Å². The summed E-state index contributed by atoms with van der Waals surface area (Å²) in [7, 11) is 1.61. The largest absolute Gasteiger partial charge is 0.419 e. The fourth-order valence-electron chi connectivity index (χ4n) is 2.18. The van der Waals surface area contributed by atoms with Crippen LogP contribution in [0.5, 0.6) is 0 Å². The number of hydrogen-bond acceptors (Lipinski definition) is 3. The maximum absolute atomic E-state index is 12.3. The molecular weight excluding hydrogens is 268 g/mol. The van der Waals surface area contributed by atoms with Gasteiger partial charge in [-0.05, 0) is 36.8 Å². The third kappa shape index (κ3) is 2.33. The van der Waals surface area contributed by atoms with E-state index < -0.39 is 5.76 Å². The third-order valence-corrected chi connectivity index (χ3v) is 3.45. The number of benzene rings is 2. The van der Waals surface area contributed by atoms with Gasteiger partial charge in [0.1, 0.15) is 0 Å². The van der Waals surface area contributed by atoms with Crippen LogP contribution in [0.1, 0.15) is 15.9 Å². The molecule has 0 radical (unpaired) electrons. The minimum absolute atomic E-state index is 0.222. The normalized spacial score (nSPS) is 10.8. The van der Waals surface area contributed by atoms with Crippen molar-refractivity contribution < 1.29 is 9.21 Å². The highest BCUT2D eigenvalue weighted by molar-refractivity contribution is 6.06. The molecule has 0 fully saturated rings. The molecule has 0 atom stereocenters. The van der Waals surface area contributed by atoms with Gasteiger partial charge in [-0.15, -0.1) is 0 Å². The van der Waals surface area contributed by atoms with Gasteiger partial charge in [-0.2, -0.15) is 0 Å². The van der Waals surface area contributed by atoms with E-state index in [4.69, 9.17) is 4.42 Å². The summed E-state index contributed by atoms with van der Waals surface area (Å²) in [5.74, 6) is -0.665. The van der Waals surface area contributed by atoms with Gasteiger partial charge < -0.3 is 9.73 Å². The monoisotopic (exact) mass is 282 g/mol. The van der Waals surface area contributed by atoms with Crippen molar-refractivity contribution >= 4 is 22.7 Å². The number of nitrogens with one attached hydrogen (secondary N) is 1. The summed E-state index contributed by atoms with van der Waals surface area (Å²) < 4.78 is 6.42. The van der Waals surface area contributed by atoms with Crippen molar-refractivity contribution in [3.05, 3.63) is 64.1 Å². The van der Waals surface area contributed by atoms with Crippen LogP contribution in [0, 0.1) is 6.92 Å². The van der Waals surface area contributed by atoms with Crippen LogP contribution in [-0.4, -0.2) is 10.5 Å². The van der Waals surface area contributed by atoms with Crippen LogP contribution in [0.2, 0.25) is 0 Å². The van der Waals surface area contributed by atoms with E-state index in [2.05, 4.69) is 5.32 Å². The van der Waals surface area contributed by atoms with Crippen LogP contribution < -0.4 is 11.1 Å².